The first-order chi connectivity index (χ1) is 13.0. The minimum atomic E-state index is -0.808. The van der Waals surface area contributed by atoms with E-state index in [1.54, 1.807) is 4.90 Å². The molecule has 5 heteroatoms. The molecule has 1 unspecified atom stereocenters. The molecule has 144 valence electrons. The van der Waals surface area contributed by atoms with Gasteiger partial charge in [-0.05, 0) is 36.2 Å². The van der Waals surface area contributed by atoms with E-state index in [0.717, 1.165) is 19.6 Å². The van der Waals surface area contributed by atoms with Gasteiger partial charge < -0.3 is 9.84 Å². The van der Waals surface area contributed by atoms with E-state index < -0.39 is 5.97 Å². The van der Waals surface area contributed by atoms with Crippen LogP contribution in [-0.4, -0.2) is 66.8 Å². The fourth-order valence-corrected chi connectivity index (χ4v) is 3.71. The van der Waals surface area contributed by atoms with Crippen molar-refractivity contribution in [3.63, 3.8) is 0 Å². The van der Waals surface area contributed by atoms with Gasteiger partial charge in [-0.1, -0.05) is 48.5 Å². The third-order valence-corrected chi connectivity index (χ3v) is 4.99. The number of likely N-dealkylation sites (N-methyl/N-ethyl adjacent to an activating group) is 1. The zero-order valence-electron chi connectivity index (χ0n) is 16.1. The lowest BCUT2D eigenvalue weighted by atomic mass is 9.95. The third kappa shape index (κ3) is 5.39. The maximum atomic E-state index is 10.9. The van der Waals surface area contributed by atoms with Crippen molar-refractivity contribution in [3.8, 4) is 11.1 Å². The number of carbonyl (C=O) groups is 1. The largest absolute Gasteiger partial charge is 0.480 e. The van der Waals surface area contributed by atoms with Crippen LogP contribution < -0.4 is 0 Å². The quantitative estimate of drug-likeness (QED) is 0.814. The van der Waals surface area contributed by atoms with Crippen molar-refractivity contribution < 1.29 is 14.6 Å². The Bertz CT molecular complexity index is 778. The van der Waals surface area contributed by atoms with E-state index >= 15 is 0 Å². The van der Waals surface area contributed by atoms with Crippen molar-refractivity contribution in [1.82, 2.24) is 9.80 Å². The van der Waals surface area contributed by atoms with Crippen LogP contribution in [0.15, 0.2) is 48.5 Å². The molecule has 5 nitrogen and oxygen atoms in total. The van der Waals surface area contributed by atoms with Crippen molar-refractivity contribution in [1.29, 1.82) is 0 Å². The van der Waals surface area contributed by atoms with Crippen molar-refractivity contribution in [2.75, 3.05) is 39.8 Å². The Labute approximate surface area is 161 Å². The predicted molar refractivity (Wildman–Crippen MR) is 107 cm³/mol. The molecule has 0 saturated carbocycles. The summed E-state index contributed by atoms with van der Waals surface area (Å²) in [7, 11) is 1.82. The lowest BCUT2D eigenvalue weighted by Gasteiger charge is -2.35. The highest BCUT2D eigenvalue weighted by atomic mass is 16.5. The van der Waals surface area contributed by atoms with Crippen LogP contribution in [0.4, 0.5) is 0 Å². The molecule has 2 aromatic rings. The maximum absolute atomic E-state index is 10.9. The average Bonchev–Trinajstić information content (AvgIpc) is 2.62. The summed E-state index contributed by atoms with van der Waals surface area (Å²) < 4.78 is 5.86. The van der Waals surface area contributed by atoms with Crippen LogP contribution in [0.2, 0.25) is 0 Å². The topological polar surface area (TPSA) is 53.0 Å². The molecule has 27 heavy (non-hydrogen) atoms. The molecule has 0 spiro atoms. The van der Waals surface area contributed by atoms with Crippen LogP contribution in [0.25, 0.3) is 11.1 Å². The fraction of sp³-hybridized carbons (Fsp3) is 0.409. The second-order valence-electron chi connectivity index (χ2n) is 7.29. The first kappa shape index (κ1) is 19.5. The number of carboxylic acid groups (broad SMARTS) is 1. The van der Waals surface area contributed by atoms with Crippen LogP contribution in [0.5, 0.6) is 0 Å². The van der Waals surface area contributed by atoms with E-state index in [-0.39, 0.29) is 12.6 Å². The monoisotopic (exact) mass is 368 g/mol. The number of hydrogen-bond donors (Lipinski definition) is 1. The summed E-state index contributed by atoms with van der Waals surface area (Å²) in [6, 6.07) is 17.1. The van der Waals surface area contributed by atoms with Gasteiger partial charge in [-0.25, -0.2) is 0 Å². The zero-order valence-corrected chi connectivity index (χ0v) is 16.1. The molecule has 1 heterocycles. The van der Waals surface area contributed by atoms with Gasteiger partial charge in [-0.2, -0.15) is 0 Å². The highest BCUT2D eigenvalue weighted by Crippen LogP contribution is 2.28. The summed E-state index contributed by atoms with van der Waals surface area (Å²) in [5.41, 5.74) is 5.15. The zero-order chi connectivity index (χ0) is 19.2. The number of aliphatic carboxylic acids is 1. The Morgan fingerprint density at radius 1 is 1.19 bits per heavy atom. The number of aryl methyl sites for hydroxylation is 1. The van der Waals surface area contributed by atoms with Gasteiger partial charge in [0.25, 0.3) is 0 Å². The number of carboxylic acids is 1. The molecule has 1 atom stereocenters. The fourth-order valence-electron chi connectivity index (χ4n) is 3.71. The SMILES string of the molecule is Cc1ccccc1-c1ccccc1CN1CCOC(CN(C)CC(=O)O)C1. The summed E-state index contributed by atoms with van der Waals surface area (Å²) in [4.78, 5) is 15.1. The van der Waals surface area contributed by atoms with Gasteiger partial charge in [0.2, 0.25) is 0 Å². The van der Waals surface area contributed by atoms with Gasteiger partial charge in [0, 0.05) is 26.2 Å². The van der Waals surface area contributed by atoms with Crippen LogP contribution in [0, 0.1) is 6.92 Å². The molecule has 1 N–H and O–H groups in total. The molecule has 0 aliphatic carbocycles. The summed E-state index contributed by atoms with van der Waals surface area (Å²) in [5, 5.41) is 8.93. The molecule has 0 aromatic heterocycles. The highest BCUT2D eigenvalue weighted by Gasteiger charge is 2.23. The van der Waals surface area contributed by atoms with Crippen molar-refractivity contribution in [2.24, 2.45) is 0 Å². The van der Waals surface area contributed by atoms with E-state index in [1.807, 2.05) is 7.05 Å². The minimum Gasteiger partial charge on any atom is -0.480 e. The Balaban J connectivity index is 1.69. The Morgan fingerprint density at radius 2 is 1.89 bits per heavy atom. The standard InChI is InChI=1S/C22H28N2O3/c1-17-7-3-5-9-20(17)21-10-6-4-8-18(21)13-24-11-12-27-19(15-24)14-23(2)16-22(25)26/h3-10,19H,11-16H2,1-2H3,(H,25,26). The number of benzene rings is 2. The van der Waals surface area contributed by atoms with Gasteiger partial charge >= 0.3 is 5.97 Å². The van der Waals surface area contributed by atoms with E-state index in [2.05, 4.69) is 60.4 Å². The molecule has 0 amide bonds. The molecule has 3 rings (SSSR count). The lowest BCUT2D eigenvalue weighted by Crippen LogP contribution is -2.47. The smallest absolute Gasteiger partial charge is 0.317 e. The summed E-state index contributed by atoms with van der Waals surface area (Å²) in [5.74, 6) is -0.808. The summed E-state index contributed by atoms with van der Waals surface area (Å²) >= 11 is 0. The second kappa shape index (κ2) is 9.13. The Morgan fingerprint density at radius 3 is 2.63 bits per heavy atom. The van der Waals surface area contributed by atoms with Crippen LogP contribution >= 0.6 is 0 Å². The molecular weight excluding hydrogens is 340 g/mol. The van der Waals surface area contributed by atoms with Crippen LogP contribution in [0.3, 0.4) is 0 Å². The van der Waals surface area contributed by atoms with Gasteiger partial charge in [0.05, 0.1) is 19.3 Å². The molecular formula is C22H28N2O3. The molecule has 1 saturated heterocycles. The van der Waals surface area contributed by atoms with Gasteiger partial charge in [0.15, 0.2) is 0 Å². The minimum absolute atomic E-state index is 0.0359. The van der Waals surface area contributed by atoms with E-state index in [9.17, 15) is 4.79 Å². The highest BCUT2D eigenvalue weighted by molar-refractivity contribution is 5.70. The van der Waals surface area contributed by atoms with Crippen molar-refractivity contribution in [3.05, 3.63) is 59.7 Å². The predicted octanol–water partition coefficient (Wildman–Crippen LogP) is 2.88. The molecule has 2 aromatic carbocycles. The van der Waals surface area contributed by atoms with E-state index in [4.69, 9.17) is 9.84 Å². The molecule has 0 bridgehead atoms. The summed E-state index contributed by atoms with van der Waals surface area (Å²) in [6.07, 6.45) is 0.0359. The number of rotatable bonds is 7. The van der Waals surface area contributed by atoms with Gasteiger partial charge in [-0.15, -0.1) is 0 Å². The lowest BCUT2D eigenvalue weighted by molar-refractivity contribution is -0.138. The first-order valence-corrected chi connectivity index (χ1v) is 9.41. The number of nitrogens with zero attached hydrogens (tertiary/aromatic N) is 2. The number of ether oxygens (including phenoxy) is 1. The Kier molecular flexibility index (Phi) is 6.61. The molecule has 0 radical (unpaired) electrons. The third-order valence-electron chi connectivity index (χ3n) is 4.99. The van der Waals surface area contributed by atoms with Gasteiger partial charge in [0.1, 0.15) is 0 Å². The number of morpholine rings is 1. The summed E-state index contributed by atoms with van der Waals surface area (Å²) in [6.45, 7) is 6.06. The molecule has 1 aliphatic heterocycles. The normalized spacial score (nSPS) is 18.0. The van der Waals surface area contributed by atoms with Crippen molar-refractivity contribution in [2.45, 2.75) is 19.6 Å². The van der Waals surface area contributed by atoms with Crippen LogP contribution in [-0.2, 0) is 16.1 Å². The molecule has 1 fully saturated rings. The van der Waals surface area contributed by atoms with Crippen molar-refractivity contribution >= 4 is 5.97 Å². The van der Waals surface area contributed by atoms with Crippen LogP contribution in [0.1, 0.15) is 11.1 Å². The Hall–Kier alpha value is -2.21. The molecule has 1 aliphatic rings. The van der Waals surface area contributed by atoms with E-state index in [1.165, 1.54) is 22.3 Å². The number of hydrogen-bond acceptors (Lipinski definition) is 4. The average molecular weight is 368 g/mol. The first-order valence-electron chi connectivity index (χ1n) is 9.41. The van der Waals surface area contributed by atoms with E-state index in [0.29, 0.717) is 13.2 Å². The second-order valence-corrected chi connectivity index (χ2v) is 7.29. The van der Waals surface area contributed by atoms with Gasteiger partial charge in [-0.3, -0.25) is 14.6 Å². The maximum Gasteiger partial charge on any atom is 0.317 e.